The maximum atomic E-state index is 5.28. The van der Waals surface area contributed by atoms with Crippen LogP contribution in [0.2, 0.25) is 0 Å². The molecule has 1 heterocycles. The number of rotatable bonds is 4. The molecule has 0 unspecified atom stereocenters. The fourth-order valence-electron chi connectivity index (χ4n) is 2.02. The topological polar surface area (TPSA) is 48.6 Å². The van der Waals surface area contributed by atoms with Crippen LogP contribution in [-0.2, 0) is 7.05 Å². The van der Waals surface area contributed by atoms with E-state index in [1.807, 2.05) is 43.8 Å². The largest absolute Gasteiger partial charge is 0.493 e. The van der Waals surface area contributed by atoms with Crippen molar-refractivity contribution in [2.75, 3.05) is 14.2 Å². The van der Waals surface area contributed by atoms with Crippen LogP contribution in [0.3, 0.4) is 0 Å². The summed E-state index contributed by atoms with van der Waals surface area (Å²) in [6.45, 7) is 3.95. The lowest BCUT2D eigenvalue weighted by Crippen LogP contribution is -1.92. The summed E-state index contributed by atoms with van der Waals surface area (Å²) in [4.78, 5) is 4.52. The summed E-state index contributed by atoms with van der Waals surface area (Å²) in [6, 6.07) is 5.69. The molecule has 0 spiro atoms. The zero-order valence-corrected chi connectivity index (χ0v) is 12.5. The van der Waals surface area contributed by atoms with Crippen LogP contribution >= 0.6 is 0 Å². The molecular weight excluding hydrogens is 254 g/mol. The van der Waals surface area contributed by atoms with Crippen LogP contribution in [0.1, 0.15) is 17.0 Å². The monoisotopic (exact) mass is 273 g/mol. The molecule has 5 heteroatoms. The number of aliphatic imine (C=N–C) groups is 1. The summed E-state index contributed by atoms with van der Waals surface area (Å²) in [6.07, 6.45) is 1.80. The van der Waals surface area contributed by atoms with Crippen LogP contribution in [0.15, 0.2) is 23.2 Å². The first-order valence-corrected chi connectivity index (χ1v) is 6.33. The van der Waals surface area contributed by atoms with Crippen molar-refractivity contribution in [2.45, 2.75) is 13.8 Å². The van der Waals surface area contributed by atoms with E-state index in [2.05, 4.69) is 10.1 Å². The van der Waals surface area contributed by atoms with Gasteiger partial charge in [-0.15, -0.1) is 0 Å². The number of aromatic nitrogens is 2. The Hall–Kier alpha value is -2.30. The smallest absolute Gasteiger partial charge is 0.161 e. The van der Waals surface area contributed by atoms with Crippen LogP contribution in [-0.4, -0.2) is 30.2 Å². The molecule has 0 aliphatic carbocycles. The van der Waals surface area contributed by atoms with E-state index >= 15 is 0 Å². The molecule has 0 aliphatic heterocycles. The van der Waals surface area contributed by atoms with Gasteiger partial charge in [-0.1, -0.05) is 0 Å². The van der Waals surface area contributed by atoms with Crippen molar-refractivity contribution in [3.8, 4) is 11.5 Å². The van der Waals surface area contributed by atoms with Crippen molar-refractivity contribution in [3.05, 3.63) is 35.2 Å². The molecule has 0 radical (unpaired) electrons. The van der Waals surface area contributed by atoms with Crippen molar-refractivity contribution < 1.29 is 9.47 Å². The van der Waals surface area contributed by atoms with E-state index in [0.717, 1.165) is 22.6 Å². The van der Waals surface area contributed by atoms with Crippen molar-refractivity contribution in [2.24, 2.45) is 12.0 Å². The van der Waals surface area contributed by atoms with Crippen LogP contribution in [0, 0.1) is 13.8 Å². The minimum Gasteiger partial charge on any atom is -0.493 e. The van der Waals surface area contributed by atoms with Crippen molar-refractivity contribution in [1.29, 1.82) is 0 Å². The van der Waals surface area contributed by atoms with Gasteiger partial charge in [0.05, 0.1) is 25.6 Å². The summed E-state index contributed by atoms with van der Waals surface area (Å²) in [5.74, 6) is 1.40. The second-order valence-electron chi connectivity index (χ2n) is 4.52. The van der Waals surface area contributed by atoms with Gasteiger partial charge in [-0.25, -0.2) is 0 Å². The van der Waals surface area contributed by atoms with Gasteiger partial charge in [0.25, 0.3) is 0 Å². The Bertz CT molecular complexity index is 645. The third-order valence-electron chi connectivity index (χ3n) is 3.22. The number of methoxy groups -OCH3 is 2. The molecule has 2 aromatic rings. The molecule has 5 nitrogen and oxygen atoms in total. The normalized spacial score (nSPS) is 11.1. The molecule has 0 N–H and O–H groups in total. The SMILES string of the molecule is COc1ccc(C=Nc2c(C)nn(C)c2C)cc1OC. The van der Waals surface area contributed by atoms with Crippen molar-refractivity contribution >= 4 is 11.9 Å². The number of hydrogen-bond donors (Lipinski definition) is 0. The third-order valence-corrected chi connectivity index (χ3v) is 3.22. The van der Waals surface area contributed by atoms with Gasteiger partial charge in [-0.2, -0.15) is 5.10 Å². The average molecular weight is 273 g/mol. The van der Waals surface area contributed by atoms with E-state index < -0.39 is 0 Å². The number of hydrogen-bond acceptors (Lipinski definition) is 4. The minimum absolute atomic E-state index is 0.691. The van der Waals surface area contributed by atoms with Gasteiger partial charge in [-0.3, -0.25) is 9.67 Å². The number of ether oxygens (including phenoxy) is 2. The van der Waals surface area contributed by atoms with Crippen LogP contribution in [0.25, 0.3) is 0 Å². The standard InChI is InChI=1S/C15H19N3O2/c1-10-15(11(2)18(3)17-10)16-9-12-6-7-13(19-4)14(8-12)20-5/h6-9H,1-5H3. The Morgan fingerprint density at radius 2 is 1.85 bits per heavy atom. The quantitative estimate of drug-likeness (QED) is 0.805. The zero-order valence-electron chi connectivity index (χ0n) is 12.5. The molecule has 0 saturated heterocycles. The Morgan fingerprint density at radius 3 is 2.40 bits per heavy atom. The molecule has 20 heavy (non-hydrogen) atoms. The first kappa shape index (κ1) is 14.1. The molecule has 106 valence electrons. The minimum atomic E-state index is 0.691. The molecule has 0 aliphatic rings. The highest BCUT2D eigenvalue weighted by Gasteiger charge is 2.07. The fourth-order valence-corrected chi connectivity index (χ4v) is 2.02. The zero-order chi connectivity index (χ0) is 14.7. The highest BCUT2D eigenvalue weighted by molar-refractivity contribution is 5.83. The first-order chi connectivity index (χ1) is 9.56. The Morgan fingerprint density at radius 1 is 1.15 bits per heavy atom. The van der Waals surface area contributed by atoms with Gasteiger partial charge in [0.2, 0.25) is 0 Å². The number of benzene rings is 1. The van der Waals surface area contributed by atoms with Gasteiger partial charge in [-0.05, 0) is 37.6 Å². The maximum absolute atomic E-state index is 5.28. The molecule has 0 fully saturated rings. The molecule has 0 atom stereocenters. The second kappa shape index (κ2) is 5.77. The Balaban J connectivity index is 2.32. The summed E-state index contributed by atoms with van der Waals surface area (Å²) >= 11 is 0. The number of nitrogens with zero attached hydrogens (tertiary/aromatic N) is 3. The summed E-state index contributed by atoms with van der Waals surface area (Å²) in [5.41, 5.74) is 3.81. The van der Waals surface area contributed by atoms with Gasteiger partial charge in [0.15, 0.2) is 11.5 Å². The van der Waals surface area contributed by atoms with E-state index in [0.29, 0.717) is 11.5 Å². The first-order valence-electron chi connectivity index (χ1n) is 6.33. The molecule has 0 saturated carbocycles. The third kappa shape index (κ3) is 2.66. The highest BCUT2D eigenvalue weighted by atomic mass is 16.5. The summed E-state index contributed by atoms with van der Waals surface area (Å²) in [7, 11) is 5.15. The Labute approximate surface area is 118 Å². The highest BCUT2D eigenvalue weighted by Crippen LogP contribution is 2.27. The molecule has 1 aromatic heterocycles. The van der Waals surface area contributed by atoms with Crippen molar-refractivity contribution in [1.82, 2.24) is 9.78 Å². The Kier molecular flexibility index (Phi) is 4.08. The van der Waals surface area contributed by atoms with E-state index in [4.69, 9.17) is 9.47 Å². The summed E-state index contributed by atoms with van der Waals surface area (Å²) < 4.78 is 12.3. The molecule has 0 amide bonds. The summed E-state index contributed by atoms with van der Waals surface area (Å²) in [5, 5.41) is 4.34. The number of aryl methyl sites for hydroxylation is 2. The van der Waals surface area contributed by atoms with E-state index in [1.54, 1.807) is 20.4 Å². The molecule has 0 bridgehead atoms. The second-order valence-corrected chi connectivity index (χ2v) is 4.52. The lowest BCUT2D eigenvalue weighted by molar-refractivity contribution is 0.355. The molecule has 2 rings (SSSR count). The van der Waals surface area contributed by atoms with Crippen LogP contribution < -0.4 is 9.47 Å². The van der Waals surface area contributed by atoms with Gasteiger partial charge < -0.3 is 9.47 Å². The average Bonchev–Trinajstić information content (AvgIpc) is 2.70. The van der Waals surface area contributed by atoms with E-state index in [1.165, 1.54) is 0 Å². The molecular formula is C15H19N3O2. The predicted molar refractivity (Wildman–Crippen MR) is 79.5 cm³/mol. The van der Waals surface area contributed by atoms with Crippen LogP contribution in [0.4, 0.5) is 5.69 Å². The van der Waals surface area contributed by atoms with Crippen molar-refractivity contribution in [3.63, 3.8) is 0 Å². The lowest BCUT2D eigenvalue weighted by Gasteiger charge is -2.07. The maximum Gasteiger partial charge on any atom is 0.161 e. The van der Waals surface area contributed by atoms with Gasteiger partial charge >= 0.3 is 0 Å². The molecule has 1 aromatic carbocycles. The van der Waals surface area contributed by atoms with E-state index in [9.17, 15) is 0 Å². The fraction of sp³-hybridized carbons (Fsp3) is 0.333. The predicted octanol–water partition coefficient (Wildman–Crippen LogP) is 2.80. The van der Waals surface area contributed by atoms with Gasteiger partial charge in [0.1, 0.15) is 5.69 Å². The lowest BCUT2D eigenvalue weighted by atomic mass is 10.2. The van der Waals surface area contributed by atoms with E-state index in [-0.39, 0.29) is 0 Å². The van der Waals surface area contributed by atoms with Gasteiger partial charge in [0, 0.05) is 13.3 Å². The van der Waals surface area contributed by atoms with Crippen LogP contribution in [0.5, 0.6) is 11.5 Å².